The minimum atomic E-state index is -1.17. The van der Waals surface area contributed by atoms with Gasteiger partial charge in [0.25, 0.3) is 5.91 Å². The first-order chi connectivity index (χ1) is 14.4. The fourth-order valence-electron chi connectivity index (χ4n) is 3.66. The van der Waals surface area contributed by atoms with Crippen molar-refractivity contribution in [3.05, 3.63) is 53.2 Å². The van der Waals surface area contributed by atoms with Gasteiger partial charge in [0.05, 0.1) is 25.5 Å². The zero-order valence-electron chi connectivity index (χ0n) is 17.6. The predicted octanol–water partition coefficient (Wildman–Crippen LogP) is 4.72. The predicted molar refractivity (Wildman–Crippen MR) is 116 cm³/mol. The molecule has 7 nitrogen and oxygen atoms in total. The lowest BCUT2D eigenvalue weighted by atomic mass is 10.1. The Bertz CT molecular complexity index is 1100. The van der Waals surface area contributed by atoms with Crippen LogP contribution in [0.5, 0.6) is 11.5 Å². The molecular formula is C23H26N2O5. The van der Waals surface area contributed by atoms with Crippen molar-refractivity contribution < 1.29 is 24.2 Å². The van der Waals surface area contributed by atoms with Gasteiger partial charge >= 0.3 is 5.97 Å². The van der Waals surface area contributed by atoms with Crippen molar-refractivity contribution in [2.45, 2.75) is 33.2 Å². The molecule has 0 saturated heterocycles. The number of carbonyl (C=O) groups is 2. The number of para-hydroxylation sites is 1. The highest BCUT2D eigenvalue weighted by atomic mass is 16.5. The van der Waals surface area contributed by atoms with E-state index in [4.69, 9.17) is 9.47 Å². The number of anilines is 1. The maximum atomic E-state index is 13.3. The number of carboxylic acid groups (broad SMARTS) is 1. The quantitative estimate of drug-likeness (QED) is 0.561. The van der Waals surface area contributed by atoms with Gasteiger partial charge in [-0.3, -0.25) is 4.79 Å². The normalized spacial score (nSPS) is 10.8. The maximum absolute atomic E-state index is 13.3. The summed E-state index contributed by atoms with van der Waals surface area (Å²) in [5.74, 6) is -0.925. The van der Waals surface area contributed by atoms with Gasteiger partial charge in [0.15, 0.2) is 11.5 Å². The number of hydrogen-bond donors (Lipinski definition) is 2. The van der Waals surface area contributed by atoms with Crippen molar-refractivity contribution >= 4 is 28.5 Å². The van der Waals surface area contributed by atoms with E-state index in [1.54, 1.807) is 0 Å². The number of aromatic nitrogens is 1. The Morgan fingerprint density at radius 1 is 1.10 bits per heavy atom. The van der Waals surface area contributed by atoms with Crippen LogP contribution >= 0.6 is 0 Å². The largest absolute Gasteiger partial charge is 0.493 e. The topological polar surface area (TPSA) is 89.8 Å². The van der Waals surface area contributed by atoms with E-state index in [-0.39, 0.29) is 22.9 Å². The summed E-state index contributed by atoms with van der Waals surface area (Å²) in [4.78, 5) is 25.1. The lowest BCUT2D eigenvalue weighted by Crippen LogP contribution is -2.20. The Morgan fingerprint density at radius 2 is 1.77 bits per heavy atom. The van der Waals surface area contributed by atoms with Gasteiger partial charge < -0.3 is 24.5 Å². The highest BCUT2D eigenvalue weighted by Gasteiger charge is 2.23. The number of hydrogen-bond acceptors (Lipinski definition) is 4. The third-order valence-electron chi connectivity index (χ3n) is 5.18. The summed E-state index contributed by atoms with van der Waals surface area (Å²) in [5.41, 5.74) is 2.44. The fraction of sp³-hybridized carbons (Fsp3) is 0.304. The van der Waals surface area contributed by atoms with Crippen LogP contribution in [-0.2, 0) is 6.54 Å². The highest BCUT2D eigenvalue weighted by molar-refractivity contribution is 6.11. The summed E-state index contributed by atoms with van der Waals surface area (Å²) >= 11 is 0. The number of benzene rings is 2. The van der Waals surface area contributed by atoms with E-state index in [1.807, 2.05) is 35.8 Å². The zero-order valence-corrected chi connectivity index (χ0v) is 17.6. The highest BCUT2D eigenvalue weighted by Crippen LogP contribution is 2.34. The van der Waals surface area contributed by atoms with Gasteiger partial charge in [0.2, 0.25) is 0 Å². The van der Waals surface area contributed by atoms with E-state index >= 15 is 0 Å². The number of aromatic carboxylic acids is 1. The van der Waals surface area contributed by atoms with Crippen LogP contribution in [0.4, 0.5) is 5.69 Å². The Kier molecular flexibility index (Phi) is 6.30. The molecule has 158 valence electrons. The average molecular weight is 410 g/mol. The van der Waals surface area contributed by atoms with Crippen molar-refractivity contribution in [1.29, 1.82) is 0 Å². The molecule has 0 aliphatic rings. The van der Waals surface area contributed by atoms with Crippen molar-refractivity contribution in [3.63, 3.8) is 0 Å². The maximum Gasteiger partial charge on any atom is 0.337 e. The third kappa shape index (κ3) is 3.83. The first-order valence-electron chi connectivity index (χ1n) is 9.81. The number of amides is 1. The molecule has 0 saturated carbocycles. The van der Waals surface area contributed by atoms with Gasteiger partial charge in [-0.2, -0.15) is 0 Å². The molecule has 2 N–H and O–H groups in total. The summed E-state index contributed by atoms with van der Waals surface area (Å²) in [5, 5.41) is 13.4. The van der Waals surface area contributed by atoms with E-state index in [2.05, 4.69) is 12.2 Å². The van der Waals surface area contributed by atoms with Gasteiger partial charge in [-0.15, -0.1) is 0 Å². The number of ether oxygens (including phenoxy) is 2. The van der Waals surface area contributed by atoms with E-state index in [0.29, 0.717) is 18.0 Å². The lowest BCUT2D eigenvalue weighted by Gasteiger charge is -2.15. The number of nitrogens with one attached hydrogen (secondary N) is 1. The number of nitrogens with zero attached hydrogens (tertiary/aromatic N) is 1. The van der Waals surface area contributed by atoms with E-state index < -0.39 is 5.97 Å². The minimum Gasteiger partial charge on any atom is -0.493 e. The zero-order chi connectivity index (χ0) is 21.8. The molecule has 0 unspecified atom stereocenters. The van der Waals surface area contributed by atoms with Crippen molar-refractivity contribution in [2.75, 3.05) is 19.5 Å². The Hall–Kier alpha value is -3.48. The molecule has 0 aliphatic heterocycles. The number of methoxy groups -OCH3 is 2. The van der Waals surface area contributed by atoms with Crippen LogP contribution in [0.2, 0.25) is 0 Å². The molecule has 3 aromatic rings. The van der Waals surface area contributed by atoms with Crippen LogP contribution < -0.4 is 14.8 Å². The molecule has 0 aliphatic carbocycles. The number of fused-ring (bicyclic) bond motifs is 1. The van der Waals surface area contributed by atoms with Gasteiger partial charge in [0.1, 0.15) is 5.69 Å². The molecule has 0 fully saturated rings. The van der Waals surface area contributed by atoms with Crippen molar-refractivity contribution in [1.82, 2.24) is 4.57 Å². The minimum absolute atomic E-state index is 0.0742. The number of unbranched alkanes of at least 4 members (excludes halogenated alkanes) is 1. The molecule has 30 heavy (non-hydrogen) atoms. The summed E-state index contributed by atoms with van der Waals surface area (Å²) in [7, 11) is 2.88. The Labute approximate surface area is 175 Å². The summed E-state index contributed by atoms with van der Waals surface area (Å²) in [6.07, 6.45) is 1.92. The fourth-order valence-corrected chi connectivity index (χ4v) is 3.66. The summed E-state index contributed by atoms with van der Waals surface area (Å²) in [6, 6.07) is 10.7. The van der Waals surface area contributed by atoms with Gasteiger partial charge in [-0.1, -0.05) is 31.5 Å². The molecule has 7 heteroatoms. The van der Waals surface area contributed by atoms with E-state index in [0.717, 1.165) is 29.3 Å². The second kappa shape index (κ2) is 8.90. The van der Waals surface area contributed by atoms with Gasteiger partial charge in [0, 0.05) is 29.6 Å². The van der Waals surface area contributed by atoms with Crippen LogP contribution in [0.25, 0.3) is 10.9 Å². The lowest BCUT2D eigenvalue weighted by molar-refractivity contribution is 0.0697. The van der Waals surface area contributed by atoms with Gasteiger partial charge in [-0.25, -0.2) is 4.79 Å². The SMILES string of the molecule is CCCCn1c(C(=O)Nc2cc(OC)c(OC)cc2C(=O)O)c(C)c2ccccc21. The van der Waals surface area contributed by atoms with Crippen molar-refractivity contribution in [3.8, 4) is 11.5 Å². The molecule has 3 rings (SSSR count). The van der Waals surface area contributed by atoms with Crippen LogP contribution in [-0.4, -0.2) is 35.8 Å². The van der Waals surface area contributed by atoms with Crippen LogP contribution in [0.15, 0.2) is 36.4 Å². The van der Waals surface area contributed by atoms with E-state index in [1.165, 1.54) is 26.4 Å². The first kappa shape index (κ1) is 21.2. The van der Waals surface area contributed by atoms with Crippen LogP contribution in [0.3, 0.4) is 0 Å². The molecule has 1 heterocycles. The standard InChI is InChI=1S/C23H26N2O5/c1-5-6-11-25-18-10-8-7-9-15(18)14(2)21(25)22(26)24-17-13-20(30-4)19(29-3)12-16(17)23(27)28/h7-10,12-13H,5-6,11H2,1-4H3,(H,24,26)(H,27,28). The number of carboxylic acids is 1. The van der Waals surface area contributed by atoms with Crippen LogP contribution in [0.1, 0.15) is 46.2 Å². The molecule has 0 radical (unpaired) electrons. The smallest absolute Gasteiger partial charge is 0.337 e. The summed E-state index contributed by atoms with van der Waals surface area (Å²) < 4.78 is 12.5. The third-order valence-corrected chi connectivity index (χ3v) is 5.18. The average Bonchev–Trinajstić information content (AvgIpc) is 3.03. The van der Waals surface area contributed by atoms with Crippen molar-refractivity contribution in [2.24, 2.45) is 0 Å². The second-order valence-corrected chi connectivity index (χ2v) is 7.01. The molecule has 0 spiro atoms. The Balaban J connectivity index is 2.09. The molecule has 0 bridgehead atoms. The molecule has 1 aromatic heterocycles. The monoisotopic (exact) mass is 410 g/mol. The molecule has 0 atom stereocenters. The first-order valence-corrected chi connectivity index (χ1v) is 9.81. The number of carbonyl (C=O) groups excluding carboxylic acids is 1. The number of aryl methyl sites for hydroxylation is 2. The van der Waals surface area contributed by atoms with E-state index in [9.17, 15) is 14.7 Å². The summed E-state index contributed by atoms with van der Waals surface area (Å²) in [6.45, 7) is 4.71. The number of rotatable bonds is 8. The van der Waals surface area contributed by atoms with Crippen LogP contribution in [0, 0.1) is 6.92 Å². The molecule has 1 amide bonds. The second-order valence-electron chi connectivity index (χ2n) is 7.01. The molecule has 2 aromatic carbocycles. The van der Waals surface area contributed by atoms with Gasteiger partial charge in [-0.05, 0) is 25.0 Å². The Morgan fingerprint density at radius 3 is 2.40 bits per heavy atom. The molecular weight excluding hydrogens is 384 g/mol.